The molecule has 3 aromatic rings. The molecule has 134 valence electrons. The maximum absolute atomic E-state index is 13.0. The fourth-order valence-corrected chi connectivity index (χ4v) is 4.13. The predicted octanol–water partition coefficient (Wildman–Crippen LogP) is 5.31. The summed E-state index contributed by atoms with van der Waals surface area (Å²) in [5, 5.41) is 12.4. The molecule has 0 saturated carbocycles. The molecule has 0 aliphatic rings. The summed E-state index contributed by atoms with van der Waals surface area (Å²) in [5.74, 6) is -0.0957. The number of aromatic nitrogens is 2. The topological polar surface area (TPSA) is 54.9 Å². The van der Waals surface area contributed by atoms with E-state index in [0.29, 0.717) is 5.13 Å². The maximum atomic E-state index is 13.0. The van der Waals surface area contributed by atoms with Crippen LogP contribution in [0.5, 0.6) is 0 Å². The molecule has 0 bridgehead atoms. The molecule has 0 aliphatic heterocycles. The third kappa shape index (κ3) is 4.71. The smallest absolute Gasteiger partial charge is 0.244 e. The number of hydrogen-bond acceptors (Lipinski definition) is 5. The Kier molecular flexibility index (Phi) is 5.74. The van der Waals surface area contributed by atoms with Crippen molar-refractivity contribution in [2.75, 3.05) is 5.32 Å². The van der Waals surface area contributed by atoms with E-state index < -0.39 is 0 Å². The van der Waals surface area contributed by atoms with E-state index >= 15 is 0 Å². The molecule has 2 aromatic carbocycles. The average Bonchev–Trinajstić information content (AvgIpc) is 3.10. The van der Waals surface area contributed by atoms with Gasteiger partial charge < -0.3 is 0 Å². The van der Waals surface area contributed by atoms with E-state index in [-0.39, 0.29) is 16.6 Å². The Labute approximate surface area is 162 Å². The van der Waals surface area contributed by atoms with Gasteiger partial charge in [-0.15, -0.1) is 22.0 Å². The molecule has 26 heavy (non-hydrogen) atoms. The second-order valence-corrected chi connectivity index (χ2v) is 9.03. The molecule has 0 aliphatic carbocycles. The van der Waals surface area contributed by atoms with E-state index in [2.05, 4.69) is 36.3 Å². The zero-order chi connectivity index (χ0) is 18.6. The van der Waals surface area contributed by atoms with E-state index in [1.54, 1.807) is 0 Å². The van der Waals surface area contributed by atoms with E-state index in [9.17, 15) is 4.79 Å². The summed E-state index contributed by atoms with van der Waals surface area (Å²) >= 11 is 2.95. The highest BCUT2D eigenvalue weighted by atomic mass is 32.2. The van der Waals surface area contributed by atoms with Crippen LogP contribution < -0.4 is 5.32 Å². The molecular weight excluding hydrogens is 362 g/mol. The molecule has 0 saturated heterocycles. The van der Waals surface area contributed by atoms with Crippen molar-refractivity contribution in [2.45, 2.75) is 36.3 Å². The molecule has 1 unspecified atom stereocenters. The largest absolute Gasteiger partial charge is 0.299 e. The highest BCUT2D eigenvalue weighted by molar-refractivity contribution is 8.00. The number of thioether (sulfide) groups is 1. The number of nitrogens with one attached hydrogen (secondary N) is 1. The summed E-state index contributed by atoms with van der Waals surface area (Å²) in [6.07, 6.45) is 0. The van der Waals surface area contributed by atoms with Gasteiger partial charge >= 0.3 is 0 Å². The summed E-state index contributed by atoms with van der Waals surface area (Å²) < 4.78 is 0. The molecule has 6 heteroatoms. The molecule has 0 spiro atoms. The first-order valence-electron chi connectivity index (χ1n) is 8.35. The minimum absolute atomic E-state index is 0.0851. The van der Waals surface area contributed by atoms with Crippen LogP contribution in [0.25, 0.3) is 0 Å². The maximum Gasteiger partial charge on any atom is 0.244 e. The van der Waals surface area contributed by atoms with Gasteiger partial charge in [-0.2, -0.15) is 0 Å². The molecule has 1 heterocycles. The molecule has 1 atom stereocenters. The lowest BCUT2D eigenvalue weighted by Gasteiger charge is -2.16. The van der Waals surface area contributed by atoms with Crippen molar-refractivity contribution in [3.05, 3.63) is 71.2 Å². The zero-order valence-corrected chi connectivity index (χ0v) is 16.6. The Bertz CT molecular complexity index is 858. The van der Waals surface area contributed by atoms with E-state index in [4.69, 9.17) is 0 Å². The fraction of sp³-hybridized carbons (Fsp3) is 0.250. The number of nitrogens with zero attached hydrogens (tertiary/aromatic N) is 2. The minimum atomic E-state index is -0.361. The van der Waals surface area contributed by atoms with Gasteiger partial charge in [0.05, 0.1) is 0 Å². The normalized spacial score (nSPS) is 12.6. The Morgan fingerprint density at radius 1 is 1.00 bits per heavy atom. The van der Waals surface area contributed by atoms with Crippen molar-refractivity contribution >= 4 is 34.1 Å². The summed E-state index contributed by atoms with van der Waals surface area (Å²) in [5.41, 5.74) is 0.873. The van der Waals surface area contributed by atoms with E-state index in [1.807, 2.05) is 60.7 Å². The first-order valence-corrected chi connectivity index (χ1v) is 10.0. The second kappa shape index (κ2) is 8.01. The molecule has 3 rings (SSSR count). The Morgan fingerprint density at radius 3 is 2.19 bits per heavy atom. The summed E-state index contributed by atoms with van der Waals surface area (Å²) in [6, 6.07) is 19.7. The monoisotopic (exact) mass is 383 g/mol. The molecule has 1 amide bonds. The van der Waals surface area contributed by atoms with Crippen LogP contribution in [-0.2, 0) is 10.2 Å². The van der Waals surface area contributed by atoms with Gasteiger partial charge in [-0.1, -0.05) is 80.6 Å². The van der Waals surface area contributed by atoms with Gasteiger partial charge in [0.15, 0.2) is 0 Å². The van der Waals surface area contributed by atoms with Crippen LogP contribution in [0.2, 0.25) is 0 Å². The quantitative estimate of drug-likeness (QED) is 0.607. The first-order chi connectivity index (χ1) is 12.4. The third-order valence-electron chi connectivity index (χ3n) is 3.63. The highest BCUT2D eigenvalue weighted by Gasteiger charge is 2.25. The van der Waals surface area contributed by atoms with E-state index in [0.717, 1.165) is 15.5 Å². The van der Waals surface area contributed by atoms with Crippen molar-refractivity contribution in [3.8, 4) is 0 Å². The Hall–Kier alpha value is -2.18. The number of rotatable bonds is 5. The van der Waals surface area contributed by atoms with Crippen LogP contribution in [0, 0.1) is 0 Å². The van der Waals surface area contributed by atoms with Crippen LogP contribution in [-0.4, -0.2) is 16.1 Å². The number of hydrogen-bond donors (Lipinski definition) is 1. The Morgan fingerprint density at radius 2 is 1.62 bits per heavy atom. The molecule has 1 N–H and O–H groups in total. The van der Waals surface area contributed by atoms with Crippen molar-refractivity contribution in [3.63, 3.8) is 0 Å². The number of carbonyl (C=O) groups is 1. The van der Waals surface area contributed by atoms with Gasteiger partial charge in [0.1, 0.15) is 10.3 Å². The van der Waals surface area contributed by atoms with Gasteiger partial charge in [0.25, 0.3) is 0 Å². The lowest BCUT2D eigenvalue weighted by Crippen LogP contribution is -2.19. The fourth-order valence-electron chi connectivity index (χ4n) is 2.28. The first kappa shape index (κ1) is 18.6. The number of benzene rings is 2. The molecule has 4 nitrogen and oxygen atoms in total. The van der Waals surface area contributed by atoms with Crippen LogP contribution in [0.3, 0.4) is 0 Å². The summed E-state index contributed by atoms with van der Waals surface area (Å²) in [4.78, 5) is 14.0. The van der Waals surface area contributed by atoms with Gasteiger partial charge in [-0.3, -0.25) is 10.1 Å². The van der Waals surface area contributed by atoms with Gasteiger partial charge in [-0.25, -0.2) is 0 Å². The predicted molar refractivity (Wildman–Crippen MR) is 109 cm³/mol. The van der Waals surface area contributed by atoms with Crippen LogP contribution in [0.4, 0.5) is 5.13 Å². The molecule has 1 aromatic heterocycles. The van der Waals surface area contributed by atoms with Crippen molar-refractivity contribution in [1.29, 1.82) is 0 Å². The Balaban J connectivity index is 1.82. The third-order valence-corrected chi connectivity index (χ3v) is 6.17. The highest BCUT2D eigenvalue weighted by Crippen LogP contribution is 2.36. The van der Waals surface area contributed by atoms with Gasteiger partial charge in [0, 0.05) is 10.3 Å². The van der Waals surface area contributed by atoms with Crippen LogP contribution >= 0.6 is 23.1 Å². The lowest BCUT2D eigenvalue weighted by atomic mass is 9.98. The summed E-state index contributed by atoms with van der Waals surface area (Å²) in [7, 11) is 0. The van der Waals surface area contributed by atoms with E-state index in [1.165, 1.54) is 23.1 Å². The molecular formula is C20H21N3OS2. The average molecular weight is 384 g/mol. The number of carbonyl (C=O) groups excluding carboxylic acids is 1. The lowest BCUT2D eigenvalue weighted by molar-refractivity contribution is -0.115. The van der Waals surface area contributed by atoms with Crippen molar-refractivity contribution in [2.24, 2.45) is 0 Å². The minimum Gasteiger partial charge on any atom is -0.299 e. The summed E-state index contributed by atoms with van der Waals surface area (Å²) in [6.45, 7) is 6.24. The zero-order valence-electron chi connectivity index (χ0n) is 15.0. The van der Waals surface area contributed by atoms with Crippen molar-refractivity contribution < 1.29 is 4.79 Å². The molecule has 0 fully saturated rings. The second-order valence-electron chi connectivity index (χ2n) is 6.87. The van der Waals surface area contributed by atoms with Crippen molar-refractivity contribution in [1.82, 2.24) is 10.2 Å². The van der Waals surface area contributed by atoms with Gasteiger partial charge in [-0.05, 0) is 17.7 Å². The number of amides is 1. The number of anilines is 1. The SMILES string of the molecule is CC(C)(C)c1nnc(NC(=O)C(Sc2ccccc2)c2ccccc2)s1. The van der Waals surface area contributed by atoms with Crippen LogP contribution in [0.1, 0.15) is 36.6 Å². The standard InChI is InChI=1S/C20H21N3OS2/c1-20(2,3)18-22-23-19(26-18)21-17(24)16(14-10-6-4-7-11-14)25-15-12-8-5-9-13-15/h4-13,16H,1-3H3,(H,21,23,24). The molecule has 0 radical (unpaired) electrons. The van der Waals surface area contributed by atoms with Gasteiger partial charge in [0.2, 0.25) is 11.0 Å². The van der Waals surface area contributed by atoms with Crippen LogP contribution in [0.15, 0.2) is 65.6 Å².